The second-order valence-electron chi connectivity index (χ2n) is 16.9. The molecule has 0 aliphatic carbocycles. The van der Waals surface area contributed by atoms with Gasteiger partial charge in [-0.3, -0.25) is 4.79 Å². The fourth-order valence-corrected chi connectivity index (χ4v) is 7.56. The Morgan fingerprint density at radius 3 is 1.05 bits per heavy atom. The van der Waals surface area contributed by atoms with Gasteiger partial charge in [0.1, 0.15) is 0 Å². The van der Waals surface area contributed by atoms with Crippen molar-refractivity contribution in [2.75, 3.05) is 6.61 Å². The van der Waals surface area contributed by atoms with Crippen LogP contribution < -0.4 is 5.32 Å². The smallest absolute Gasteiger partial charge is 0.220 e. The van der Waals surface area contributed by atoms with Crippen molar-refractivity contribution in [3.05, 3.63) is 36.5 Å². The molecule has 0 fully saturated rings. The van der Waals surface area contributed by atoms with Gasteiger partial charge in [-0.1, -0.05) is 249 Å². The molecule has 0 rings (SSSR count). The molecule has 0 aromatic rings. The van der Waals surface area contributed by atoms with E-state index in [2.05, 4.69) is 43.5 Å². The van der Waals surface area contributed by atoms with Crippen LogP contribution in [0.4, 0.5) is 0 Å². The summed E-state index contributed by atoms with van der Waals surface area (Å²) in [6.07, 6.45) is 63.0. The van der Waals surface area contributed by atoms with Gasteiger partial charge < -0.3 is 15.5 Å². The molecule has 0 heterocycles. The molecular formula is C51H97NO3. The zero-order valence-corrected chi connectivity index (χ0v) is 37.2. The minimum absolute atomic E-state index is 0.0794. The lowest BCUT2D eigenvalue weighted by atomic mass is 10.0. The monoisotopic (exact) mass is 772 g/mol. The van der Waals surface area contributed by atoms with Gasteiger partial charge in [0.2, 0.25) is 5.91 Å². The van der Waals surface area contributed by atoms with Crippen LogP contribution in [0.2, 0.25) is 0 Å². The topological polar surface area (TPSA) is 69.6 Å². The van der Waals surface area contributed by atoms with Crippen molar-refractivity contribution in [2.45, 2.75) is 276 Å². The van der Waals surface area contributed by atoms with Crippen LogP contribution in [-0.4, -0.2) is 34.9 Å². The molecule has 4 nitrogen and oxygen atoms in total. The molecule has 2 unspecified atom stereocenters. The molecule has 1 amide bonds. The Labute approximate surface area is 344 Å². The first-order valence-corrected chi connectivity index (χ1v) is 24.7. The van der Waals surface area contributed by atoms with Crippen LogP contribution in [0.5, 0.6) is 0 Å². The molecule has 2 atom stereocenters. The van der Waals surface area contributed by atoms with Gasteiger partial charge in [0.25, 0.3) is 0 Å². The van der Waals surface area contributed by atoms with Crippen molar-refractivity contribution in [3.8, 4) is 0 Å². The Bertz CT molecular complexity index is 836. The Kier molecular flexibility index (Phi) is 45.8. The molecule has 0 spiro atoms. The molecule has 0 aliphatic heterocycles. The summed E-state index contributed by atoms with van der Waals surface area (Å²) in [4.78, 5) is 12.3. The molecule has 0 saturated carbocycles. The quantitative estimate of drug-likeness (QED) is 0.0426. The summed E-state index contributed by atoms with van der Waals surface area (Å²) >= 11 is 0. The van der Waals surface area contributed by atoms with Crippen molar-refractivity contribution in [1.29, 1.82) is 0 Å². The lowest BCUT2D eigenvalue weighted by molar-refractivity contribution is -0.123. The van der Waals surface area contributed by atoms with Crippen LogP contribution >= 0.6 is 0 Å². The van der Waals surface area contributed by atoms with E-state index in [0.717, 1.165) is 38.5 Å². The van der Waals surface area contributed by atoms with E-state index in [-0.39, 0.29) is 12.5 Å². The lowest BCUT2D eigenvalue weighted by Crippen LogP contribution is -2.45. The van der Waals surface area contributed by atoms with E-state index in [1.165, 1.54) is 205 Å². The molecule has 3 N–H and O–H groups in total. The minimum Gasteiger partial charge on any atom is -0.394 e. The average Bonchev–Trinajstić information content (AvgIpc) is 3.19. The van der Waals surface area contributed by atoms with Crippen molar-refractivity contribution >= 4 is 5.91 Å². The van der Waals surface area contributed by atoms with Gasteiger partial charge in [0, 0.05) is 6.42 Å². The van der Waals surface area contributed by atoms with Gasteiger partial charge in [-0.15, -0.1) is 0 Å². The van der Waals surface area contributed by atoms with E-state index in [0.29, 0.717) is 6.42 Å². The third-order valence-electron chi connectivity index (χ3n) is 11.4. The predicted octanol–water partition coefficient (Wildman–Crippen LogP) is 15.7. The third kappa shape index (κ3) is 43.6. The first kappa shape index (κ1) is 53.6. The van der Waals surface area contributed by atoms with Crippen molar-refractivity contribution in [3.63, 3.8) is 0 Å². The summed E-state index contributed by atoms with van der Waals surface area (Å²) in [5.74, 6) is -0.0794. The second-order valence-corrected chi connectivity index (χ2v) is 16.9. The van der Waals surface area contributed by atoms with Crippen molar-refractivity contribution in [1.82, 2.24) is 5.32 Å². The van der Waals surface area contributed by atoms with Crippen LogP contribution in [0.15, 0.2) is 36.5 Å². The number of amides is 1. The van der Waals surface area contributed by atoms with E-state index >= 15 is 0 Å². The maximum absolute atomic E-state index is 12.3. The highest BCUT2D eigenvalue weighted by atomic mass is 16.3. The largest absolute Gasteiger partial charge is 0.394 e. The zero-order valence-electron chi connectivity index (χ0n) is 37.2. The van der Waals surface area contributed by atoms with Gasteiger partial charge in [-0.05, 0) is 44.9 Å². The summed E-state index contributed by atoms with van der Waals surface area (Å²) in [5, 5.41) is 22.9. The fourth-order valence-electron chi connectivity index (χ4n) is 7.56. The second kappa shape index (κ2) is 47.0. The summed E-state index contributed by atoms with van der Waals surface area (Å²) < 4.78 is 0. The Balaban J connectivity index is 3.49. The highest BCUT2D eigenvalue weighted by Crippen LogP contribution is 2.16. The lowest BCUT2D eigenvalue weighted by Gasteiger charge is -2.19. The highest BCUT2D eigenvalue weighted by Gasteiger charge is 2.17. The molecule has 0 radical (unpaired) electrons. The molecular weight excluding hydrogens is 675 g/mol. The maximum atomic E-state index is 12.3. The van der Waals surface area contributed by atoms with E-state index < -0.39 is 12.1 Å². The summed E-state index contributed by atoms with van der Waals surface area (Å²) in [7, 11) is 0. The highest BCUT2D eigenvalue weighted by molar-refractivity contribution is 5.76. The molecule has 0 saturated heterocycles. The molecule has 0 aromatic heterocycles. The fraction of sp³-hybridized carbons (Fsp3) is 0.863. The summed E-state index contributed by atoms with van der Waals surface area (Å²) in [6.45, 7) is 4.29. The van der Waals surface area contributed by atoms with Gasteiger partial charge >= 0.3 is 0 Å². The summed E-state index contributed by atoms with van der Waals surface area (Å²) in [5.41, 5.74) is 0. The van der Waals surface area contributed by atoms with E-state index in [9.17, 15) is 15.0 Å². The number of nitrogens with one attached hydrogen (secondary N) is 1. The van der Waals surface area contributed by atoms with E-state index in [4.69, 9.17) is 0 Å². The molecule has 0 aromatic carbocycles. The molecule has 55 heavy (non-hydrogen) atoms. The number of unbranched alkanes of at least 4 members (excludes halogenated alkanes) is 34. The van der Waals surface area contributed by atoms with Crippen LogP contribution in [0.1, 0.15) is 264 Å². The van der Waals surface area contributed by atoms with Crippen LogP contribution in [0.25, 0.3) is 0 Å². The average molecular weight is 772 g/mol. The molecule has 4 heteroatoms. The predicted molar refractivity (Wildman–Crippen MR) is 244 cm³/mol. The van der Waals surface area contributed by atoms with Gasteiger partial charge in [-0.2, -0.15) is 0 Å². The Hall–Kier alpha value is -1.39. The van der Waals surface area contributed by atoms with Gasteiger partial charge in [-0.25, -0.2) is 0 Å². The Morgan fingerprint density at radius 1 is 0.418 bits per heavy atom. The molecule has 0 bridgehead atoms. The molecule has 324 valence electrons. The Morgan fingerprint density at radius 2 is 0.709 bits per heavy atom. The van der Waals surface area contributed by atoms with Crippen LogP contribution in [0.3, 0.4) is 0 Å². The summed E-state index contributed by atoms with van der Waals surface area (Å²) in [6, 6.07) is -0.641. The number of hydrogen-bond acceptors (Lipinski definition) is 3. The number of hydrogen-bond donors (Lipinski definition) is 3. The maximum Gasteiger partial charge on any atom is 0.220 e. The number of aliphatic hydroxyl groups is 2. The van der Waals surface area contributed by atoms with Crippen molar-refractivity contribution in [2.24, 2.45) is 0 Å². The zero-order chi connectivity index (χ0) is 40.0. The van der Waals surface area contributed by atoms with E-state index in [1.807, 2.05) is 6.08 Å². The standard InChI is InChI=1S/C51H97NO3/c1-3-5-7-9-11-13-15-16-17-18-19-20-21-22-23-24-25-26-27-28-29-30-31-32-33-34-35-36-37-38-40-42-44-46-50(54)49(48-53)52-51(55)47-45-43-41-39-14-12-10-8-6-4-2/h33-34,37-38,44,46,49-50,53-54H,3-32,35-36,39-43,45,47-48H2,1-2H3,(H,52,55)/b34-33+,38-37+,46-44+. The first-order valence-electron chi connectivity index (χ1n) is 24.7. The number of carbonyl (C=O) groups is 1. The van der Waals surface area contributed by atoms with Crippen LogP contribution in [0, 0.1) is 0 Å². The number of allylic oxidation sites excluding steroid dienone is 5. The van der Waals surface area contributed by atoms with Crippen molar-refractivity contribution < 1.29 is 15.0 Å². The minimum atomic E-state index is -0.866. The van der Waals surface area contributed by atoms with Gasteiger partial charge in [0.05, 0.1) is 18.8 Å². The normalized spacial score (nSPS) is 13.2. The number of rotatable bonds is 45. The van der Waals surface area contributed by atoms with Crippen LogP contribution in [-0.2, 0) is 4.79 Å². The number of aliphatic hydroxyl groups excluding tert-OH is 2. The van der Waals surface area contributed by atoms with Gasteiger partial charge in [0.15, 0.2) is 0 Å². The first-order chi connectivity index (χ1) is 27.2. The van der Waals surface area contributed by atoms with E-state index in [1.54, 1.807) is 6.08 Å². The SMILES string of the molecule is CCCCCCCCCCCCCCCCCCCCCCCCC/C=C/CC/C=C/CC/C=C/C(O)C(CO)NC(=O)CCCCCCCCCCCC. The number of carbonyl (C=O) groups excluding carboxylic acids is 1. The third-order valence-corrected chi connectivity index (χ3v) is 11.4. The molecule has 0 aliphatic rings.